The molecule has 6 nitrogen and oxygen atoms in total. The molecule has 3 aromatic rings. The third kappa shape index (κ3) is 4.22. The van der Waals surface area contributed by atoms with Crippen LogP contribution in [0.2, 0.25) is 5.02 Å². The van der Waals surface area contributed by atoms with Gasteiger partial charge in [-0.15, -0.1) is 0 Å². The Labute approximate surface area is 197 Å². The Morgan fingerprint density at radius 2 is 1.76 bits per heavy atom. The van der Waals surface area contributed by atoms with Crippen LogP contribution in [0.1, 0.15) is 36.6 Å². The molecule has 1 aromatic heterocycles. The molecule has 7 heteroatoms. The zero-order valence-corrected chi connectivity index (χ0v) is 19.0. The highest BCUT2D eigenvalue weighted by atomic mass is 35.5. The number of ketones is 1. The lowest BCUT2D eigenvalue weighted by Crippen LogP contribution is -2.29. The van der Waals surface area contributed by atoms with Gasteiger partial charge in [0.25, 0.3) is 11.7 Å². The van der Waals surface area contributed by atoms with Crippen molar-refractivity contribution in [1.29, 1.82) is 0 Å². The number of anilines is 1. The fraction of sp³-hybridized carbons (Fsp3) is 0.192. The second kappa shape index (κ2) is 9.46. The molecule has 1 fully saturated rings. The number of aromatic nitrogens is 1. The Kier molecular flexibility index (Phi) is 6.47. The van der Waals surface area contributed by atoms with Gasteiger partial charge in [0.2, 0.25) is 0 Å². The van der Waals surface area contributed by atoms with Crippen molar-refractivity contribution in [2.24, 2.45) is 0 Å². The molecule has 4 rings (SSSR count). The molecule has 0 spiro atoms. The number of amides is 1. The Balaban J connectivity index is 1.92. The third-order valence-electron chi connectivity index (χ3n) is 5.59. The van der Waals surface area contributed by atoms with E-state index in [9.17, 15) is 14.7 Å². The molecule has 168 valence electrons. The lowest BCUT2D eigenvalue weighted by Gasteiger charge is -2.25. The van der Waals surface area contributed by atoms with Gasteiger partial charge < -0.3 is 9.84 Å². The van der Waals surface area contributed by atoms with Crippen LogP contribution in [0.5, 0.6) is 5.75 Å². The van der Waals surface area contributed by atoms with E-state index in [0.717, 1.165) is 12.0 Å². The summed E-state index contributed by atoms with van der Waals surface area (Å²) in [4.78, 5) is 31.9. The lowest BCUT2D eigenvalue weighted by molar-refractivity contribution is -0.132. The van der Waals surface area contributed by atoms with E-state index >= 15 is 0 Å². The number of pyridine rings is 1. The van der Waals surface area contributed by atoms with Crippen molar-refractivity contribution in [3.05, 3.63) is 94.3 Å². The molecular formula is C26H23ClN2O4. The second-order valence-electron chi connectivity index (χ2n) is 7.54. The first kappa shape index (κ1) is 22.6. The lowest BCUT2D eigenvalue weighted by atomic mass is 9.95. The van der Waals surface area contributed by atoms with Crippen molar-refractivity contribution < 1.29 is 19.4 Å². The van der Waals surface area contributed by atoms with Crippen LogP contribution in [0.4, 0.5) is 5.69 Å². The predicted octanol–water partition coefficient (Wildman–Crippen LogP) is 5.32. The fourth-order valence-corrected chi connectivity index (χ4v) is 4.15. The van der Waals surface area contributed by atoms with E-state index in [1.54, 1.807) is 54.9 Å². The number of carbonyl (C=O) groups is 2. The van der Waals surface area contributed by atoms with Gasteiger partial charge in [-0.25, -0.2) is 0 Å². The Bertz CT molecular complexity index is 1220. The number of benzene rings is 2. The first-order valence-corrected chi connectivity index (χ1v) is 11.1. The van der Waals surface area contributed by atoms with Crippen LogP contribution in [-0.2, 0) is 16.0 Å². The van der Waals surface area contributed by atoms with Crippen molar-refractivity contribution in [3.63, 3.8) is 0 Å². The summed E-state index contributed by atoms with van der Waals surface area (Å²) < 4.78 is 5.52. The van der Waals surface area contributed by atoms with E-state index in [2.05, 4.69) is 4.98 Å². The number of aryl methyl sites for hydroxylation is 1. The maximum atomic E-state index is 13.2. The predicted molar refractivity (Wildman–Crippen MR) is 127 cm³/mol. The Morgan fingerprint density at radius 3 is 2.39 bits per heavy atom. The van der Waals surface area contributed by atoms with Crippen molar-refractivity contribution >= 4 is 34.7 Å². The molecule has 0 radical (unpaired) electrons. The number of hydrogen-bond acceptors (Lipinski definition) is 5. The first-order chi connectivity index (χ1) is 16.0. The number of nitrogens with zero attached hydrogens (tertiary/aromatic N) is 2. The van der Waals surface area contributed by atoms with Crippen LogP contribution in [-0.4, -0.2) is 28.4 Å². The molecule has 0 saturated carbocycles. The quantitative estimate of drug-likeness (QED) is 0.304. The minimum absolute atomic E-state index is 0.0404. The summed E-state index contributed by atoms with van der Waals surface area (Å²) in [6.45, 7) is 4.31. The number of carbonyl (C=O) groups excluding carboxylic acids is 2. The molecular weight excluding hydrogens is 440 g/mol. The summed E-state index contributed by atoms with van der Waals surface area (Å²) in [6, 6.07) is 14.9. The number of Topliss-reactive ketones (excluding diaryl/α,β-unsaturated/α-hetero) is 1. The summed E-state index contributed by atoms with van der Waals surface area (Å²) in [5.41, 5.74) is 2.49. The average molecular weight is 463 g/mol. The van der Waals surface area contributed by atoms with Crippen molar-refractivity contribution in [1.82, 2.24) is 4.98 Å². The van der Waals surface area contributed by atoms with Crippen LogP contribution in [0, 0.1) is 0 Å². The Hall–Kier alpha value is -3.64. The molecule has 1 aliphatic heterocycles. The topological polar surface area (TPSA) is 79.7 Å². The van der Waals surface area contributed by atoms with Gasteiger partial charge in [0.15, 0.2) is 0 Å². The molecule has 2 heterocycles. The van der Waals surface area contributed by atoms with Gasteiger partial charge in [-0.05, 0) is 66.9 Å². The molecule has 1 amide bonds. The highest BCUT2D eigenvalue weighted by Crippen LogP contribution is 2.43. The minimum Gasteiger partial charge on any atom is -0.507 e. The minimum atomic E-state index is -0.840. The normalized spacial score (nSPS) is 17.4. The maximum absolute atomic E-state index is 13.2. The zero-order chi connectivity index (χ0) is 23.5. The van der Waals surface area contributed by atoms with E-state index in [0.29, 0.717) is 23.6 Å². The van der Waals surface area contributed by atoms with E-state index < -0.39 is 17.7 Å². The van der Waals surface area contributed by atoms with Gasteiger partial charge >= 0.3 is 0 Å². The summed E-state index contributed by atoms with van der Waals surface area (Å²) in [5.74, 6) is -1.37. The summed E-state index contributed by atoms with van der Waals surface area (Å²) in [6.07, 6.45) is 4.01. The van der Waals surface area contributed by atoms with E-state index in [4.69, 9.17) is 16.3 Å². The van der Waals surface area contributed by atoms with E-state index in [1.807, 2.05) is 26.0 Å². The molecule has 1 unspecified atom stereocenters. The number of ether oxygens (including phenoxy) is 1. The Morgan fingerprint density at radius 1 is 1.06 bits per heavy atom. The molecule has 1 N–H and O–H groups in total. The number of rotatable bonds is 6. The van der Waals surface area contributed by atoms with Crippen LogP contribution < -0.4 is 9.64 Å². The van der Waals surface area contributed by atoms with Gasteiger partial charge in [-0.1, -0.05) is 30.7 Å². The molecule has 0 aliphatic carbocycles. The maximum Gasteiger partial charge on any atom is 0.300 e. The number of aliphatic hydroxyl groups excluding tert-OH is 1. The fourth-order valence-electron chi connectivity index (χ4n) is 3.94. The van der Waals surface area contributed by atoms with Gasteiger partial charge in [-0.2, -0.15) is 0 Å². The van der Waals surface area contributed by atoms with Crippen LogP contribution >= 0.6 is 11.6 Å². The van der Waals surface area contributed by atoms with E-state index in [1.165, 1.54) is 4.90 Å². The number of hydrogen-bond donors (Lipinski definition) is 1. The van der Waals surface area contributed by atoms with Crippen LogP contribution in [0.15, 0.2) is 72.6 Å². The van der Waals surface area contributed by atoms with Gasteiger partial charge in [0.05, 0.1) is 23.2 Å². The largest absolute Gasteiger partial charge is 0.507 e. The average Bonchev–Trinajstić information content (AvgIpc) is 3.11. The molecule has 0 bridgehead atoms. The molecule has 1 atom stereocenters. The van der Waals surface area contributed by atoms with Crippen molar-refractivity contribution in [3.8, 4) is 5.75 Å². The highest BCUT2D eigenvalue weighted by Gasteiger charge is 2.47. The highest BCUT2D eigenvalue weighted by molar-refractivity contribution is 6.52. The summed E-state index contributed by atoms with van der Waals surface area (Å²) >= 11 is 6.36. The monoisotopic (exact) mass is 462 g/mol. The number of halogens is 1. The third-order valence-corrected chi connectivity index (χ3v) is 5.92. The summed E-state index contributed by atoms with van der Waals surface area (Å²) in [7, 11) is 0. The number of aliphatic hydroxyl groups is 1. The summed E-state index contributed by atoms with van der Waals surface area (Å²) in [5, 5.41) is 11.5. The van der Waals surface area contributed by atoms with Crippen molar-refractivity contribution in [2.45, 2.75) is 26.3 Å². The SMILES string of the molecule is CCOc1ccc(Cl)c(/C(O)=C2\C(=O)C(=O)N(c3ccc(CC)cc3)C2c2ccncc2)c1. The molecule has 2 aromatic carbocycles. The molecule has 33 heavy (non-hydrogen) atoms. The van der Waals surface area contributed by atoms with Crippen molar-refractivity contribution in [2.75, 3.05) is 11.5 Å². The standard InChI is InChI=1S/C26H23ClN2O4/c1-3-16-5-7-18(8-6-16)29-23(17-11-13-28-14-12-17)22(25(31)26(29)32)24(30)20-15-19(33-4-2)9-10-21(20)27/h5-15,23,30H,3-4H2,1-2H3/b24-22+. The molecule has 1 saturated heterocycles. The second-order valence-corrected chi connectivity index (χ2v) is 7.95. The smallest absolute Gasteiger partial charge is 0.300 e. The molecule has 1 aliphatic rings. The van der Waals surface area contributed by atoms with Gasteiger partial charge in [0.1, 0.15) is 11.5 Å². The van der Waals surface area contributed by atoms with Gasteiger partial charge in [-0.3, -0.25) is 19.5 Å². The van der Waals surface area contributed by atoms with E-state index in [-0.39, 0.29) is 21.9 Å². The van der Waals surface area contributed by atoms with Crippen LogP contribution in [0.25, 0.3) is 5.76 Å². The van der Waals surface area contributed by atoms with Crippen LogP contribution in [0.3, 0.4) is 0 Å². The first-order valence-electron chi connectivity index (χ1n) is 10.7. The van der Waals surface area contributed by atoms with Gasteiger partial charge in [0, 0.05) is 23.6 Å². The zero-order valence-electron chi connectivity index (χ0n) is 18.3.